The summed E-state index contributed by atoms with van der Waals surface area (Å²) >= 11 is 5.86. The number of anilines is 2. The Balaban J connectivity index is 2.23. The highest BCUT2D eigenvalue weighted by atomic mass is 35.5. The molecule has 0 unspecified atom stereocenters. The lowest BCUT2D eigenvalue weighted by atomic mass is 10.2. The zero-order chi connectivity index (χ0) is 15.5. The Morgan fingerprint density at radius 3 is 2.38 bits per heavy atom. The van der Waals surface area contributed by atoms with Gasteiger partial charge in [-0.15, -0.1) is 0 Å². The molecule has 0 amide bonds. The highest BCUT2D eigenvalue weighted by Gasteiger charge is 2.14. The Labute approximate surface area is 126 Å². The first-order valence-corrected chi connectivity index (χ1v) is 7.55. The summed E-state index contributed by atoms with van der Waals surface area (Å²) < 4.78 is 28.3. The molecule has 0 saturated heterocycles. The molecule has 0 bridgehead atoms. The standard InChI is InChI=1S/C13H10ClN3O3S/c14-10-3-1-2-4-11(10)16-21(19,20)17-12-6-5-9(8-15)7-13(12)18/h1-7,16-18H. The lowest BCUT2D eigenvalue weighted by molar-refractivity contribution is 0.477. The fourth-order valence-corrected chi connectivity index (χ4v) is 2.77. The van der Waals surface area contributed by atoms with Crippen molar-refractivity contribution in [2.24, 2.45) is 0 Å². The maximum absolute atomic E-state index is 12.0. The van der Waals surface area contributed by atoms with Crippen molar-refractivity contribution < 1.29 is 13.5 Å². The van der Waals surface area contributed by atoms with Gasteiger partial charge in [-0.1, -0.05) is 23.7 Å². The molecule has 0 radical (unpaired) electrons. The van der Waals surface area contributed by atoms with Gasteiger partial charge >= 0.3 is 10.2 Å². The summed E-state index contributed by atoms with van der Waals surface area (Å²) in [5, 5.41) is 18.6. The average Bonchev–Trinajstić information content (AvgIpc) is 2.43. The van der Waals surface area contributed by atoms with Crippen molar-refractivity contribution >= 4 is 33.2 Å². The van der Waals surface area contributed by atoms with Crippen molar-refractivity contribution in [1.82, 2.24) is 0 Å². The molecular formula is C13H10ClN3O3S. The molecule has 0 aliphatic heterocycles. The van der Waals surface area contributed by atoms with Crippen molar-refractivity contribution in [1.29, 1.82) is 5.26 Å². The van der Waals surface area contributed by atoms with Crippen LogP contribution in [0.3, 0.4) is 0 Å². The van der Waals surface area contributed by atoms with Crippen LogP contribution in [-0.2, 0) is 10.2 Å². The summed E-state index contributed by atoms with van der Waals surface area (Å²) in [7, 11) is -3.98. The SMILES string of the molecule is N#Cc1ccc(NS(=O)(=O)Nc2ccccc2Cl)c(O)c1. The predicted molar refractivity (Wildman–Crippen MR) is 80.4 cm³/mol. The first kappa shape index (κ1) is 15.0. The maximum Gasteiger partial charge on any atom is 0.321 e. The molecule has 0 aliphatic carbocycles. The van der Waals surface area contributed by atoms with Gasteiger partial charge in [-0.3, -0.25) is 9.44 Å². The number of para-hydroxylation sites is 1. The summed E-state index contributed by atoms with van der Waals surface area (Å²) in [6.07, 6.45) is 0. The Bertz CT molecular complexity index is 816. The normalized spacial score (nSPS) is 10.7. The van der Waals surface area contributed by atoms with Crippen molar-refractivity contribution in [2.75, 3.05) is 9.44 Å². The molecule has 0 atom stereocenters. The first-order chi connectivity index (χ1) is 9.91. The van der Waals surface area contributed by atoms with Gasteiger partial charge in [-0.2, -0.15) is 13.7 Å². The smallest absolute Gasteiger partial charge is 0.321 e. The quantitative estimate of drug-likeness (QED) is 0.753. The molecule has 0 fully saturated rings. The fraction of sp³-hybridized carbons (Fsp3) is 0. The van der Waals surface area contributed by atoms with Crippen LogP contribution < -0.4 is 9.44 Å². The largest absolute Gasteiger partial charge is 0.506 e. The van der Waals surface area contributed by atoms with Crippen LogP contribution in [0.5, 0.6) is 5.75 Å². The van der Waals surface area contributed by atoms with Gasteiger partial charge in [0.15, 0.2) is 0 Å². The Morgan fingerprint density at radius 1 is 1.10 bits per heavy atom. The molecule has 0 aliphatic rings. The average molecular weight is 324 g/mol. The Hall–Kier alpha value is -2.43. The Kier molecular flexibility index (Phi) is 4.21. The third-order valence-corrected chi connectivity index (χ3v) is 3.80. The number of rotatable bonds is 4. The van der Waals surface area contributed by atoms with Crippen molar-refractivity contribution in [3.8, 4) is 11.8 Å². The molecule has 0 saturated carbocycles. The second-order valence-electron chi connectivity index (χ2n) is 4.03. The zero-order valence-electron chi connectivity index (χ0n) is 10.5. The van der Waals surface area contributed by atoms with E-state index in [0.29, 0.717) is 0 Å². The van der Waals surface area contributed by atoms with E-state index in [4.69, 9.17) is 16.9 Å². The number of nitrogens with one attached hydrogen (secondary N) is 2. The van der Waals surface area contributed by atoms with Gasteiger partial charge in [0.05, 0.1) is 28.0 Å². The topological polar surface area (TPSA) is 102 Å². The number of phenolic OH excluding ortho intramolecular Hbond substituents is 1. The summed E-state index contributed by atoms with van der Waals surface area (Å²) in [5.41, 5.74) is 0.378. The number of hydrogen-bond acceptors (Lipinski definition) is 4. The number of nitriles is 1. The summed E-state index contributed by atoms with van der Waals surface area (Å²) in [6, 6.07) is 12.0. The van der Waals surface area contributed by atoms with E-state index < -0.39 is 10.2 Å². The van der Waals surface area contributed by atoms with Gasteiger partial charge < -0.3 is 5.11 Å². The van der Waals surface area contributed by atoms with Gasteiger partial charge in [0.25, 0.3) is 0 Å². The molecule has 3 N–H and O–H groups in total. The van der Waals surface area contributed by atoms with Crippen LogP contribution in [-0.4, -0.2) is 13.5 Å². The minimum absolute atomic E-state index is 0.0476. The van der Waals surface area contributed by atoms with E-state index >= 15 is 0 Å². The molecule has 21 heavy (non-hydrogen) atoms. The van der Waals surface area contributed by atoms with E-state index in [-0.39, 0.29) is 27.7 Å². The number of phenols is 1. The van der Waals surface area contributed by atoms with Crippen LogP contribution in [0.1, 0.15) is 5.56 Å². The van der Waals surface area contributed by atoms with E-state index in [2.05, 4.69) is 9.44 Å². The molecule has 8 heteroatoms. The zero-order valence-corrected chi connectivity index (χ0v) is 12.1. The van der Waals surface area contributed by atoms with Gasteiger partial charge in [-0.05, 0) is 30.3 Å². The predicted octanol–water partition coefficient (Wildman–Crippen LogP) is 2.69. The van der Waals surface area contributed by atoms with Crippen molar-refractivity contribution in [3.63, 3.8) is 0 Å². The molecule has 0 heterocycles. The second kappa shape index (κ2) is 5.91. The third-order valence-electron chi connectivity index (χ3n) is 2.49. The lowest BCUT2D eigenvalue weighted by Gasteiger charge is -2.12. The number of benzene rings is 2. The van der Waals surface area contributed by atoms with Crippen LogP contribution in [0.4, 0.5) is 11.4 Å². The minimum Gasteiger partial charge on any atom is -0.506 e. The number of aromatic hydroxyl groups is 1. The van der Waals surface area contributed by atoms with Crippen LogP contribution in [0.25, 0.3) is 0 Å². The van der Waals surface area contributed by atoms with E-state index in [1.165, 1.54) is 18.2 Å². The van der Waals surface area contributed by atoms with Gasteiger partial charge in [0, 0.05) is 0 Å². The molecule has 2 aromatic carbocycles. The van der Waals surface area contributed by atoms with Crippen LogP contribution in [0.2, 0.25) is 5.02 Å². The number of hydrogen-bond donors (Lipinski definition) is 3. The molecule has 6 nitrogen and oxygen atoms in total. The highest BCUT2D eigenvalue weighted by Crippen LogP contribution is 2.26. The molecule has 0 spiro atoms. The monoisotopic (exact) mass is 323 g/mol. The second-order valence-corrected chi connectivity index (χ2v) is 5.85. The number of nitrogens with zero attached hydrogens (tertiary/aromatic N) is 1. The van der Waals surface area contributed by atoms with Crippen LogP contribution >= 0.6 is 11.6 Å². The van der Waals surface area contributed by atoms with Crippen molar-refractivity contribution in [3.05, 3.63) is 53.1 Å². The lowest BCUT2D eigenvalue weighted by Crippen LogP contribution is -2.21. The molecular weight excluding hydrogens is 314 g/mol. The fourth-order valence-electron chi connectivity index (χ4n) is 1.55. The van der Waals surface area contributed by atoms with E-state index in [1.54, 1.807) is 18.2 Å². The summed E-state index contributed by atoms with van der Waals surface area (Å²) in [4.78, 5) is 0. The maximum atomic E-state index is 12.0. The molecule has 2 rings (SSSR count). The van der Waals surface area contributed by atoms with Crippen LogP contribution in [0.15, 0.2) is 42.5 Å². The Morgan fingerprint density at radius 2 is 1.76 bits per heavy atom. The molecule has 0 aromatic heterocycles. The van der Waals surface area contributed by atoms with E-state index in [9.17, 15) is 13.5 Å². The van der Waals surface area contributed by atoms with E-state index in [0.717, 1.165) is 6.07 Å². The summed E-state index contributed by atoms with van der Waals surface area (Å²) in [6.45, 7) is 0. The van der Waals surface area contributed by atoms with Gasteiger partial charge in [0.1, 0.15) is 5.75 Å². The van der Waals surface area contributed by atoms with Crippen LogP contribution in [0, 0.1) is 11.3 Å². The third kappa shape index (κ3) is 3.78. The first-order valence-electron chi connectivity index (χ1n) is 5.69. The van der Waals surface area contributed by atoms with Gasteiger partial charge in [-0.25, -0.2) is 0 Å². The summed E-state index contributed by atoms with van der Waals surface area (Å²) in [5.74, 6) is -0.349. The van der Waals surface area contributed by atoms with Gasteiger partial charge in [0.2, 0.25) is 0 Å². The van der Waals surface area contributed by atoms with E-state index in [1.807, 2.05) is 6.07 Å². The number of halogens is 1. The minimum atomic E-state index is -3.98. The molecule has 108 valence electrons. The van der Waals surface area contributed by atoms with Crippen molar-refractivity contribution in [2.45, 2.75) is 0 Å². The molecule has 2 aromatic rings. The highest BCUT2D eigenvalue weighted by molar-refractivity contribution is 7.94.